The first kappa shape index (κ1) is 17.0. The Labute approximate surface area is 156 Å². The van der Waals surface area contributed by atoms with Crippen LogP contribution in [0.1, 0.15) is 71.6 Å². The Morgan fingerprint density at radius 3 is 2.73 bits per heavy atom. The molecule has 5 rings (SSSR count). The lowest BCUT2D eigenvalue weighted by molar-refractivity contribution is -0.161. The van der Waals surface area contributed by atoms with Crippen molar-refractivity contribution in [3.63, 3.8) is 0 Å². The van der Waals surface area contributed by atoms with Crippen LogP contribution in [0.3, 0.4) is 0 Å². The molecule has 0 saturated heterocycles. The summed E-state index contributed by atoms with van der Waals surface area (Å²) in [5.41, 5.74) is 1.62. The fraction of sp³-hybridized carbons (Fsp3) is 0.826. The van der Waals surface area contributed by atoms with E-state index in [9.17, 15) is 9.59 Å². The summed E-state index contributed by atoms with van der Waals surface area (Å²) in [5, 5.41) is 0. The van der Waals surface area contributed by atoms with Gasteiger partial charge in [0, 0.05) is 11.8 Å². The highest BCUT2D eigenvalue weighted by Crippen LogP contribution is 2.63. The summed E-state index contributed by atoms with van der Waals surface area (Å²) in [6.07, 6.45) is 11.8. The largest absolute Gasteiger partial charge is 0.462 e. The van der Waals surface area contributed by atoms with Crippen molar-refractivity contribution >= 4 is 11.8 Å². The summed E-state index contributed by atoms with van der Waals surface area (Å²) in [7, 11) is 0. The molecule has 0 spiro atoms. The summed E-state index contributed by atoms with van der Waals surface area (Å²) in [4.78, 5) is 24.2. The van der Waals surface area contributed by atoms with E-state index in [1.807, 2.05) is 6.08 Å². The quantitative estimate of drug-likeness (QED) is 0.674. The van der Waals surface area contributed by atoms with Gasteiger partial charge in [-0.25, -0.2) is 0 Å². The van der Waals surface area contributed by atoms with Crippen LogP contribution in [-0.4, -0.2) is 17.9 Å². The molecule has 4 saturated carbocycles. The lowest BCUT2D eigenvalue weighted by Gasteiger charge is -2.55. The third kappa shape index (κ3) is 2.52. The number of ether oxygens (including phenoxy) is 1. The van der Waals surface area contributed by atoms with Gasteiger partial charge in [0.1, 0.15) is 6.10 Å². The average Bonchev–Trinajstić information content (AvgIpc) is 3.40. The van der Waals surface area contributed by atoms with Gasteiger partial charge in [0.05, 0.1) is 5.92 Å². The molecule has 0 aromatic carbocycles. The zero-order valence-corrected chi connectivity index (χ0v) is 16.2. The van der Waals surface area contributed by atoms with E-state index in [1.54, 1.807) is 0 Å². The molecule has 0 aromatic heterocycles. The molecule has 0 unspecified atom stereocenters. The number of allylic oxidation sites excluding steroid dienone is 1. The summed E-state index contributed by atoms with van der Waals surface area (Å²) in [6.45, 7) is 4.82. The Morgan fingerprint density at radius 1 is 1.15 bits per heavy atom. The number of esters is 1. The van der Waals surface area contributed by atoms with Crippen LogP contribution in [0.25, 0.3) is 0 Å². The van der Waals surface area contributed by atoms with Gasteiger partial charge >= 0.3 is 5.97 Å². The van der Waals surface area contributed by atoms with E-state index in [1.165, 1.54) is 24.8 Å². The zero-order valence-electron chi connectivity index (χ0n) is 16.2. The van der Waals surface area contributed by atoms with Crippen LogP contribution >= 0.6 is 0 Å². The number of carbonyl (C=O) groups excluding carboxylic acids is 2. The van der Waals surface area contributed by atoms with E-state index in [-0.39, 0.29) is 23.4 Å². The molecule has 26 heavy (non-hydrogen) atoms. The van der Waals surface area contributed by atoms with Crippen LogP contribution in [-0.2, 0) is 14.3 Å². The lowest BCUT2D eigenvalue weighted by atomic mass is 9.49. The van der Waals surface area contributed by atoms with Crippen LogP contribution in [0.4, 0.5) is 0 Å². The van der Waals surface area contributed by atoms with Gasteiger partial charge in [0.15, 0.2) is 5.78 Å². The molecular weight excluding hydrogens is 324 g/mol. The first-order valence-corrected chi connectivity index (χ1v) is 10.9. The Bertz CT molecular complexity index is 660. The Morgan fingerprint density at radius 2 is 1.96 bits per heavy atom. The van der Waals surface area contributed by atoms with Crippen molar-refractivity contribution in [3.8, 4) is 0 Å². The minimum Gasteiger partial charge on any atom is -0.462 e. The second-order valence-electron chi connectivity index (χ2n) is 10.2. The van der Waals surface area contributed by atoms with Crippen LogP contribution in [0.5, 0.6) is 0 Å². The van der Waals surface area contributed by atoms with Gasteiger partial charge in [0.2, 0.25) is 0 Å². The monoisotopic (exact) mass is 356 g/mol. The molecule has 3 heteroatoms. The maximum atomic E-state index is 12.3. The summed E-state index contributed by atoms with van der Waals surface area (Å²) >= 11 is 0. The molecule has 0 aliphatic heterocycles. The summed E-state index contributed by atoms with van der Waals surface area (Å²) in [5.74, 6) is 4.09. The lowest BCUT2D eigenvalue weighted by Crippen LogP contribution is -2.50. The molecule has 0 heterocycles. The normalized spacial score (nSPS) is 47.5. The minimum atomic E-state index is 0.0757. The first-order valence-electron chi connectivity index (χ1n) is 10.9. The van der Waals surface area contributed by atoms with E-state index in [0.717, 1.165) is 50.4 Å². The zero-order chi connectivity index (χ0) is 18.1. The highest BCUT2D eigenvalue weighted by Gasteiger charge is 2.59. The highest BCUT2D eigenvalue weighted by molar-refractivity contribution is 5.91. The van der Waals surface area contributed by atoms with E-state index in [0.29, 0.717) is 23.5 Å². The van der Waals surface area contributed by atoms with E-state index in [4.69, 9.17) is 4.74 Å². The maximum absolute atomic E-state index is 12.3. The molecule has 142 valence electrons. The van der Waals surface area contributed by atoms with Crippen molar-refractivity contribution in [2.75, 3.05) is 0 Å². The van der Waals surface area contributed by atoms with E-state index < -0.39 is 0 Å². The standard InChI is InChI=1S/C23H32O3/c1-13-11-15-12-16(24)5-6-17(15)18-9-10-23(2)19(21(13)18)7-8-20(23)26-22(25)14-3-4-14/h12-14,17-21H,3-11H2,1-2H3/t13-,17+,18-,19+,20+,21-,23+/m1/s1. The Hall–Kier alpha value is -1.12. The number of hydrogen-bond acceptors (Lipinski definition) is 3. The third-order valence-corrected chi connectivity index (χ3v) is 8.72. The first-order chi connectivity index (χ1) is 12.5. The molecule has 0 amide bonds. The van der Waals surface area contributed by atoms with Gasteiger partial charge in [-0.05, 0) is 87.0 Å². The van der Waals surface area contributed by atoms with Crippen molar-refractivity contribution in [1.29, 1.82) is 0 Å². The van der Waals surface area contributed by atoms with Gasteiger partial charge in [-0.15, -0.1) is 0 Å². The summed E-state index contributed by atoms with van der Waals surface area (Å²) in [6, 6.07) is 0. The molecule has 5 aliphatic carbocycles. The smallest absolute Gasteiger partial charge is 0.309 e. The molecule has 0 aromatic rings. The van der Waals surface area contributed by atoms with Gasteiger partial charge in [-0.2, -0.15) is 0 Å². The fourth-order valence-corrected chi connectivity index (χ4v) is 7.29. The predicted octanol–water partition coefficient (Wildman–Crippen LogP) is 4.70. The Balaban J connectivity index is 1.39. The van der Waals surface area contributed by atoms with Gasteiger partial charge in [-0.3, -0.25) is 9.59 Å². The number of hydrogen-bond donors (Lipinski definition) is 0. The SMILES string of the molecule is C[C@@H]1CC2=CC(=O)CC[C@@H]2[C@H]2CC[C@]3(C)[C@@H](OC(=O)C4CC4)CC[C@H]3[C@@H]21. The van der Waals surface area contributed by atoms with E-state index >= 15 is 0 Å². The molecule has 0 radical (unpaired) electrons. The third-order valence-electron chi connectivity index (χ3n) is 8.72. The number of rotatable bonds is 2. The van der Waals surface area contributed by atoms with Crippen molar-refractivity contribution in [2.24, 2.45) is 40.9 Å². The Kier molecular flexibility index (Phi) is 3.89. The number of carbonyl (C=O) groups is 2. The van der Waals surface area contributed by atoms with Crippen LogP contribution < -0.4 is 0 Å². The van der Waals surface area contributed by atoms with Gasteiger partial charge in [-0.1, -0.05) is 19.4 Å². The van der Waals surface area contributed by atoms with Crippen LogP contribution in [0.2, 0.25) is 0 Å². The van der Waals surface area contributed by atoms with Crippen LogP contribution in [0, 0.1) is 40.9 Å². The molecule has 0 bridgehead atoms. The number of ketones is 1. The second kappa shape index (κ2) is 5.94. The van der Waals surface area contributed by atoms with Gasteiger partial charge in [0.25, 0.3) is 0 Å². The fourth-order valence-electron chi connectivity index (χ4n) is 7.29. The predicted molar refractivity (Wildman–Crippen MR) is 99.2 cm³/mol. The van der Waals surface area contributed by atoms with Crippen LogP contribution in [0.15, 0.2) is 11.6 Å². The van der Waals surface area contributed by atoms with Crippen molar-refractivity contribution in [1.82, 2.24) is 0 Å². The van der Waals surface area contributed by atoms with E-state index in [2.05, 4.69) is 13.8 Å². The molecular formula is C23H32O3. The molecule has 5 aliphatic rings. The molecule has 0 N–H and O–H groups in total. The second-order valence-corrected chi connectivity index (χ2v) is 10.2. The maximum Gasteiger partial charge on any atom is 0.309 e. The summed E-state index contributed by atoms with van der Waals surface area (Å²) < 4.78 is 6.05. The highest BCUT2D eigenvalue weighted by atomic mass is 16.5. The van der Waals surface area contributed by atoms with Gasteiger partial charge < -0.3 is 4.74 Å². The minimum absolute atomic E-state index is 0.0757. The van der Waals surface area contributed by atoms with Crippen molar-refractivity contribution in [2.45, 2.75) is 77.7 Å². The number of fused-ring (bicyclic) bond motifs is 5. The average molecular weight is 357 g/mol. The molecule has 7 atom stereocenters. The van der Waals surface area contributed by atoms with Crippen molar-refractivity contribution < 1.29 is 14.3 Å². The van der Waals surface area contributed by atoms with Crippen molar-refractivity contribution in [3.05, 3.63) is 11.6 Å². The molecule has 4 fully saturated rings. The topological polar surface area (TPSA) is 43.4 Å². The molecule has 3 nitrogen and oxygen atoms in total.